The highest BCUT2D eigenvalue weighted by atomic mass is 35.5. The second kappa shape index (κ2) is 9.18. The molecule has 0 saturated heterocycles. The maximum Gasteiger partial charge on any atom is 0.260 e. The number of benzene rings is 2. The van der Waals surface area contributed by atoms with Crippen LogP contribution in [0, 0.1) is 0 Å². The van der Waals surface area contributed by atoms with Gasteiger partial charge in [0.2, 0.25) is 0 Å². The van der Waals surface area contributed by atoms with E-state index >= 15 is 0 Å². The minimum atomic E-state index is -0.574. The lowest BCUT2D eigenvalue weighted by molar-refractivity contribution is -0.127. The zero-order valence-electron chi connectivity index (χ0n) is 13.9. The SMILES string of the molecule is COc1ccccc1CCCNC(=O)[C@@H](C)Oc1cccc(Cl)c1. The zero-order chi connectivity index (χ0) is 17.4. The van der Waals surface area contributed by atoms with Crippen molar-refractivity contribution < 1.29 is 14.3 Å². The minimum absolute atomic E-state index is 0.144. The average Bonchev–Trinajstić information content (AvgIpc) is 2.58. The number of methoxy groups -OCH3 is 1. The van der Waals surface area contributed by atoms with Crippen LogP contribution in [-0.2, 0) is 11.2 Å². The van der Waals surface area contributed by atoms with Crippen molar-refractivity contribution in [1.82, 2.24) is 5.32 Å². The number of carbonyl (C=O) groups is 1. The molecule has 1 amide bonds. The molecular weight excluding hydrogens is 326 g/mol. The summed E-state index contributed by atoms with van der Waals surface area (Å²) in [5, 5.41) is 3.47. The first-order chi connectivity index (χ1) is 11.6. The fourth-order valence-electron chi connectivity index (χ4n) is 2.34. The molecule has 0 radical (unpaired) electrons. The molecule has 0 heterocycles. The standard InChI is InChI=1S/C19H22ClNO3/c1-14(24-17-10-5-9-16(20)13-17)19(22)21-12-6-8-15-7-3-4-11-18(15)23-2/h3-5,7,9-11,13-14H,6,8,12H2,1-2H3,(H,21,22)/t14-/m1/s1. The van der Waals surface area contributed by atoms with Gasteiger partial charge in [0.05, 0.1) is 7.11 Å². The van der Waals surface area contributed by atoms with Gasteiger partial charge in [-0.25, -0.2) is 0 Å². The number of halogens is 1. The predicted octanol–water partition coefficient (Wildman–Crippen LogP) is 3.86. The molecule has 2 rings (SSSR count). The van der Waals surface area contributed by atoms with Crippen LogP contribution in [0.5, 0.6) is 11.5 Å². The molecule has 0 aliphatic heterocycles. The Labute approximate surface area is 147 Å². The first-order valence-corrected chi connectivity index (χ1v) is 8.30. The molecule has 0 saturated carbocycles. The van der Waals surface area contributed by atoms with Crippen molar-refractivity contribution in [2.24, 2.45) is 0 Å². The maximum absolute atomic E-state index is 12.1. The predicted molar refractivity (Wildman–Crippen MR) is 95.9 cm³/mol. The Hall–Kier alpha value is -2.20. The summed E-state index contributed by atoms with van der Waals surface area (Å²) >= 11 is 5.90. The Bertz CT molecular complexity index is 675. The lowest BCUT2D eigenvalue weighted by Gasteiger charge is -2.15. The van der Waals surface area contributed by atoms with Gasteiger partial charge < -0.3 is 14.8 Å². The molecule has 1 N–H and O–H groups in total. The second-order valence-corrected chi connectivity index (χ2v) is 5.86. The van der Waals surface area contributed by atoms with Gasteiger partial charge in [0, 0.05) is 11.6 Å². The monoisotopic (exact) mass is 347 g/mol. The second-order valence-electron chi connectivity index (χ2n) is 5.42. The smallest absolute Gasteiger partial charge is 0.260 e. The molecule has 0 aliphatic rings. The van der Waals surface area contributed by atoms with Crippen LogP contribution in [0.4, 0.5) is 0 Å². The number of rotatable bonds is 8. The van der Waals surface area contributed by atoms with Crippen LogP contribution in [0.25, 0.3) is 0 Å². The van der Waals surface area contributed by atoms with E-state index in [-0.39, 0.29) is 5.91 Å². The summed E-state index contributed by atoms with van der Waals surface area (Å²) in [6.07, 6.45) is 1.10. The molecule has 0 aliphatic carbocycles. The van der Waals surface area contributed by atoms with E-state index in [1.54, 1.807) is 38.3 Å². The van der Waals surface area contributed by atoms with Crippen molar-refractivity contribution >= 4 is 17.5 Å². The lowest BCUT2D eigenvalue weighted by atomic mass is 10.1. The summed E-state index contributed by atoms with van der Waals surface area (Å²) in [5.74, 6) is 1.32. The van der Waals surface area contributed by atoms with E-state index in [1.807, 2.05) is 24.3 Å². The van der Waals surface area contributed by atoms with Gasteiger partial charge in [-0.2, -0.15) is 0 Å². The molecular formula is C19H22ClNO3. The number of carbonyl (C=O) groups excluding carboxylic acids is 1. The number of hydrogen-bond acceptors (Lipinski definition) is 3. The summed E-state index contributed by atoms with van der Waals surface area (Å²) in [5.41, 5.74) is 1.14. The van der Waals surface area contributed by atoms with Gasteiger partial charge in [-0.1, -0.05) is 35.9 Å². The van der Waals surface area contributed by atoms with Gasteiger partial charge in [0.15, 0.2) is 6.10 Å². The molecule has 0 bridgehead atoms. The molecule has 0 fully saturated rings. The zero-order valence-corrected chi connectivity index (χ0v) is 14.7. The van der Waals surface area contributed by atoms with Gasteiger partial charge in [0.1, 0.15) is 11.5 Å². The van der Waals surface area contributed by atoms with Crippen molar-refractivity contribution in [3.05, 3.63) is 59.1 Å². The summed E-state index contributed by atoms with van der Waals surface area (Å²) in [4.78, 5) is 12.1. The summed E-state index contributed by atoms with van der Waals surface area (Å²) in [7, 11) is 1.66. The van der Waals surface area contributed by atoms with Crippen LogP contribution in [0.3, 0.4) is 0 Å². The summed E-state index contributed by atoms with van der Waals surface area (Å²) < 4.78 is 10.9. The molecule has 1 atom stereocenters. The van der Waals surface area contributed by atoms with E-state index in [2.05, 4.69) is 5.32 Å². The number of hydrogen-bond donors (Lipinski definition) is 1. The number of amides is 1. The molecule has 0 aromatic heterocycles. The van der Waals surface area contributed by atoms with Crippen molar-refractivity contribution in [3.63, 3.8) is 0 Å². The van der Waals surface area contributed by atoms with Gasteiger partial charge >= 0.3 is 0 Å². The van der Waals surface area contributed by atoms with Gasteiger partial charge in [-0.15, -0.1) is 0 Å². The average molecular weight is 348 g/mol. The third-order valence-corrected chi connectivity index (χ3v) is 3.83. The van der Waals surface area contributed by atoms with Gasteiger partial charge in [-0.3, -0.25) is 4.79 Å². The normalized spacial score (nSPS) is 11.6. The Kier molecular flexibility index (Phi) is 6.94. The molecule has 5 heteroatoms. The molecule has 2 aromatic rings. The van der Waals surface area contributed by atoms with Crippen molar-refractivity contribution in [2.75, 3.05) is 13.7 Å². The highest BCUT2D eigenvalue weighted by molar-refractivity contribution is 6.30. The largest absolute Gasteiger partial charge is 0.496 e. The van der Waals surface area contributed by atoms with Crippen LogP contribution >= 0.6 is 11.6 Å². The Morgan fingerprint density at radius 3 is 2.75 bits per heavy atom. The number of nitrogens with one attached hydrogen (secondary N) is 1. The molecule has 128 valence electrons. The topological polar surface area (TPSA) is 47.6 Å². The van der Waals surface area contributed by atoms with Crippen LogP contribution in [-0.4, -0.2) is 25.7 Å². The first-order valence-electron chi connectivity index (χ1n) is 7.92. The van der Waals surface area contributed by atoms with Crippen LogP contribution in [0.15, 0.2) is 48.5 Å². The molecule has 24 heavy (non-hydrogen) atoms. The third kappa shape index (κ3) is 5.46. The molecule has 4 nitrogen and oxygen atoms in total. The lowest BCUT2D eigenvalue weighted by Crippen LogP contribution is -2.36. The Morgan fingerprint density at radius 1 is 1.21 bits per heavy atom. The van der Waals surface area contributed by atoms with Gasteiger partial charge in [-0.05, 0) is 49.6 Å². The highest BCUT2D eigenvalue weighted by Crippen LogP contribution is 2.19. The van der Waals surface area contributed by atoms with Crippen molar-refractivity contribution in [1.29, 1.82) is 0 Å². The van der Waals surface area contributed by atoms with E-state index in [4.69, 9.17) is 21.1 Å². The number of ether oxygens (including phenoxy) is 2. The molecule has 0 spiro atoms. The highest BCUT2D eigenvalue weighted by Gasteiger charge is 2.14. The van der Waals surface area contributed by atoms with Crippen LogP contribution < -0.4 is 14.8 Å². The Morgan fingerprint density at radius 2 is 2.00 bits per heavy atom. The maximum atomic E-state index is 12.1. The van der Waals surface area contributed by atoms with E-state index in [9.17, 15) is 4.79 Å². The van der Waals surface area contributed by atoms with Crippen LogP contribution in [0.2, 0.25) is 5.02 Å². The van der Waals surface area contributed by atoms with E-state index in [1.165, 1.54) is 0 Å². The first kappa shape index (κ1) is 18.1. The Balaban J connectivity index is 1.74. The quantitative estimate of drug-likeness (QED) is 0.737. The molecule has 2 aromatic carbocycles. The summed E-state index contributed by atoms with van der Waals surface area (Å²) in [6.45, 7) is 2.30. The van der Waals surface area contributed by atoms with E-state index < -0.39 is 6.10 Å². The minimum Gasteiger partial charge on any atom is -0.496 e. The summed E-state index contributed by atoms with van der Waals surface area (Å²) in [6, 6.07) is 14.9. The van der Waals surface area contributed by atoms with Crippen molar-refractivity contribution in [2.45, 2.75) is 25.9 Å². The fraction of sp³-hybridized carbons (Fsp3) is 0.316. The molecule has 0 unspecified atom stereocenters. The third-order valence-electron chi connectivity index (χ3n) is 3.59. The van der Waals surface area contributed by atoms with E-state index in [0.717, 1.165) is 24.2 Å². The van der Waals surface area contributed by atoms with Gasteiger partial charge in [0.25, 0.3) is 5.91 Å². The fourth-order valence-corrected chi connectivity index (χ4v) is 2.52. The number of aryl methyl sites for hydroxylation is 1. The number of para-hydroxylation sites is 1. The van der Waals surface area contributed by atoms with Crippen molar-refractivity contribution in [3.8, 4) is 11.5 Å². The van der Waals surface area contributed by atoms with Crippen LogP contribution in [0.1, 0.15) is 18.9 Å². The van der Waals surface area contributed by atoms with E-state index in [0.29, 0.717) is 17.3 Å².